The van der Waals surface area contributed by atoms with Crippen LogP contribution in [0.25, 0.3) is 5.70 Å². The van der Waals surface area contributed by atoms with Crippen molar-refractivity contribution in [1.82, 2.24) is 10.5 Å². The van der Waals surface area contributed by atoms with Gasteiger partial charge in [-0.05, 0) is 28.1 Å². The largest absolute Gasteiger partial charge is 0.467 e. The molecule has 0 aromatic carbocycles. The van der Waals surface area contributed by atoms with Crippen molar-refractivity contribution in [2.75, 3.05) is 14.2 Å². The van der Waals surface area contributed by atoms with E-state index < -0.39 is 18.0 Å². The summed E-state index contributed by atoms with van der Waals surface area (Å²) in [5.41, 5.74) is 3.47. The number of carbonyl (C=O) groups excluding carboxylic acids is 2. The number of hydroxylamine groups is 1. The summed E-state index contributed by atoms with van der Waals surface area (Å²) in [6, 6.07) is 3.40. The summed E-state index contributed by atoms with van der Waals surface area (Å²) in [5, 5.41) is 0. The van der Waals surface area contributed by atoms with E-state index in [1.807, 2.05) is 0 Å². The molecule has 1 unspecified atom stereocenters. The van der Waals surface area contributed by atoms with Crippen molar-refractivity contribution in [3.63, 3.8) is 0 Å². The molecule has 106 valence electrons. The van der Waals surface area contributed by atoms with Gasteiger partial charge in [0.25, 0.3) is 0 Å². The van der Waals surface area contributed by atoms with Gasteiger partial charge in [0.15, 0.2) is 0 Å². The molecule has 1 aromatic rings. The molecule has 1 N–H and O–H groups in total. The Morgan fingerprint density at radius 1 is 1.40 bits per heavy atom. The fourth-order valence-electron chi connectivity index (χ4n) is 1.73. The summed E-state index contributed by atoms with van der Waals surface area (Å²) >= 11 is 3.27. The zero-order chi connectivity index (χ0) is 14.7. The number of rotatable bonds is 3. The van der Waals surface area contributed by atoms with E-state index in [1.165, 1.54) is 14.2 Å². The van der Waals surface area contributed by atoms with Crippen LogP contribution in [0.2, 0.25) is 0 Å². The van der Waals surface area contributed by atoms with Crippen molar-refractivity contribution in [2.24, 2.45) is 0 Å². The molecule has 0 radical (unpaired) electrons. The first kappa shape index (κ1) is 14.5. The topological polar surface area (TPSA) is 86.8 Å². The molecule has 8 heteroatoms. The van der Waals surface area contributed by atoms with Crippen LogP contribution in [0.1, 0.15) is 5.56 Å². The van der Waals surface area contributed by atoms with Gasteiger partial charge >= 0.3 is 11.9 Å². The smallest absolute Gasteiger partial charge is 0.342 e. The summed E-state index contributed by atoms with van der Waals surface area (Å²) in [7, 11) is 2.43. The number of esters is 2. The molecule has 2 heterocycles. The van der Waals surface area contributed by atoms with Crippen molar-refractivity contribution < 1.29 is 23.9 Å². The number of ether oxygens (including phenoxy) is 2. The summed E-state index contributed by atoms with van der Waals surface area (Å²) < 4.78 is 9.79. The Morgan fingerprint density at radius 2 is 2.15 bits per heavy atom. The van der Waals surface area contributed by atoms with Gasteiger partial charge in [-0.25, -0.2) is 14.6 Å². The summed E-state index contributed by atoms with van der Waals surface area (Å²) in [5.74, 6) is -1.39. The molecular formula is C12H11BrN2O5. The van der Waals surface area contributed by atoms with Crippen LogP contribution in [0.15, 0.2) is 28.5 Å². The van der Waals surface area contributed by atoms with Crippen LogP contribution >= 0.6 is 15.9 Å². The van der Waals surface area contributed by atoms with Gasteiger partial charge in [0.05, 0.1) is 19.9 Å². The molecule has 7 nitrogen and oxygen atoms in total. The second kappa shape index (κ2) is 6.02. The molecule has 0 saturated carbocycles. The number of aromatic nitrogens is 1. The molecule has 0 fully saturated rings. The molecule has 0 saturated heterocycles. The predicted octanol–water partition coefficient (Wildman–Crippen LogP) is 0.805. The molecule has 0 spiro atoms. The van der Waals surface area contributed by atoms with E-state index in [-0.39, 0.29) is 5.57 Å². The van der Waals surface area contributed by atoms with Gasteiger partial charge in [0.2, 0.25) is 6.10 Å². The molecule has 1 aliphatic heterocycles. The van der Waals surface area contributed by atoms with Crippen molar-refractivity contribution in [1.29, 1.82) is 0 Å². The first-order valence-corrected chi connectivity index (χ1v) is 6.32. The number of hydrogen-bond donors (Lipinski definition) is 1. The molecule has 0 aliphatic carbocycles. The van der Waals surface area contributed by atoms with E-state index in [9.17, 15) is 9.59 Å². The minimum Gasteiger partial charge on any atom is -0.467 e. The predicted molar refractivity (Wildman–Crippen MR) is 70.9 cm³/mol. The van der Waals surface area contributed by atoms with Crippen LogP contribution < -0.4 is 5.48 Å². The SMILES string of the molecule is COC(=O)C1=C(c2cccnc2Br)NOC1C(=O)OC. The number of hydrogen-bond acceptors (Lipinski definition) is 7. The number of nitrogens with zero attached hydrogens (tertiary/aromatic N) is 1. The second-order valence-corrected chi connectivity index (χ2v) is 4.50. The lowest BCUT2D eigenvalue weighted by molar-refractivity contribution is -0.155. The fraction of sp³-hybridized carbons (Fsp3) is 0.250. The Bertz CT molecular complexity index is 587. The van der Waals surface area contributed by atoms with Gasteiger partial charge in [-0.15, -0.1) is 0 Å². The molecule has 0 amide bonds. The van der Waals surface area contributed by atoms with E-state index in [1.54, 1.807) is 18.3 Å². The van der Waals surface area contributed by atoms with E-state index in [0.29, 0.717) is 15.9 Å². The first-order valence-electron chi connectivity index (χ1n) is 5.53. The lowest BCUT2D eigenvalue weighted by Crippen LogP contribution is -2.29. The van der Waals surface area contributed by atoms with E-state index in [2.05, 4.69) is 31.1 Å². The molecule has 20 heavy (non-hydrogen) atoms. The molecule has 0 bridgehead atoms. The highest BCUT2D eigenvalue weighted by Gasteiger charge is 2.40. The van der Waals surface area contributed by atoms with Gasteiger partial charge in [0.1, 0.15) is 10.2 Å². The minimum absolute atomic E-state index is 0.0352. The Morgan fingerprint density at radius 3 is 2.75 bits per heavy atom. The summed E-state index contributed by atoms with van der Waals surface area (Å²) in [4.78, 5) is 32.7. The Balaban J connectivity index is 2.54. The Labute approximate surface area is 123 Å². The summed E-state index contributed by atoms with van der Waals surface area (Å²) in [6.07, 6.45) is 0.397. The monoisotopic (exact) mass is 342 g/mol. The van der Waals surface area contributed by atoms with E-state index >= 15 is 0 Å². The average molecular weight is 343 g/mol. The fourth-order valence-corrected chi connectivity index (χ4v) is 2.18. The second-order valence-electron chi connectivity index (χ2n) is 3.75. The zero-order valence-corrected chi connectivity index (χ0v) is 12.3. The van der Waals surface area contributed by atoms with Crippen LogP contribution in [0.5, 0.6) is 0 Å². The molecular weight excluding hydrogens is 332 g/mol. The lowest BCUT2D eigenvalue weighted by atomic mass is 10.0. The van der Waals surface area contributed by atoms with Crippen molar-refractivity contribution in [2.45, 2.75) is 6.10 Å². The van der Waals surface area contributed by atoms with Crippen LogP contribution in [0.3, 0.4) is 0 Å². The normalized spacial score (nSPS) is 17.6. The quantitative estimate of drug-likeness (QED) is 0.642. The van der Waals surface area contributed by atoms with Crippen LogP contribution in [-0.2, 0) is 23.9 Å². The lowest BCUT2D eigenvalue weighted by Gasteiger charge is -2.08. The highest BCUT2D eigenvalue weighted by atomic mass is 79.9. The van der Waals surface area contributed by atoms with E-state index in [4.69, 9.17) is 9.57 Å². The third kappa shape index (κ3) is 2.52. The molecule has 1 atom stereocenters. The molecule has 1 aromatic heterocycles. The van der Waals surface area contributed by atoms with Gasteiger partial charge < -0.3 is 9.47 Å². The zero-order valence-electron chi connectivity index (χ0n) is 10.7. The van der Waals surface area contributed by atoms with Gasteiger partial charge in [0, 0.05) is 11.8 Å². The molecule has 2 rings (SSSR count). The number of nitrogens with one attached hydrogen (secondary N) is 1. The van der Waals surface area contributed by atoms with Crippen LogP contribution in [0, 0.1) is 0 Å². The third-order valence-corrected chi connectivity index (χ3v) is 3.29. The van der Waals surface area contributed by atoms with Gasteiger partial charge in [-0.1, -0.05) is 0 Å². The van der Waals surface area contributed by atoms with Crippen molar-refractivity contribution in [3.05, 3.63) is 34.1 Å². The Hall–Kier alpha value is -1.93. The highest BCUT2D eigenvalue weighted by Crippen LogP contribution is 2.30. The maximum absolute atomic E-state index is 11.9. The van der Waals surface area contributed by atoms with Crippen LogP contribution in [0.4, 0.5) is 0 Å². The highest BCUT2D eigenvalue weighted by molar-refractivity contribution is 9.10. The van der Waals surface area contributed by atoms with Crippen LogP contribution in [-0.4, -0.2) is 37.2 Å². The number of carbonyl (C=O) groups is 2. The van der Waals surface area contributed by atoms with E-state index in [0.717, 1.165) is 0 Å². The summed E-state index contributed by atoms with van der Waals surface area (Å²) in [6.45, 7) is 0. The van der Waals surface area contributed by atoms with Gasteiger partial charge in [-0.2, -0.15) is 0 Å². The number of halogens is 1. The molecule has 1 aliphatic rings. The third-order valence-electron chi connectivity index (χ3n) is 2.66. The Kier molecular flexibility index (Phi) is 4.35. The number of pyridine rings is 1. The maximum atomic E-state index is 11.9. The minimum atomic E-state index is -1.19. The average Bonchev–Trinajstić information content (AvgIpc) is 2.90. The van der Waals surface area contributed by atoms with Crippen molar-refractivity contribution in [3.8, 4) is 0 Å². The number of methoxy groups -OCH3 is 2. The standard InChI is InChI=1S/C12H11BrN2O5/c1-18-11(16)7-8(6-4-3-5-14-10(6)13)15-20-9(7)12(17)19-2/h3-5,9,15H,1-2H3. The first-order chi connectivity index (χ1) is 9.60. The maximum Gasteiger partial charge on any atom is 0.342 e. The van der Waals surface area contributed by atoms with Gasteiger partial charge in [-0.3, -0.25) is 10.3 Å². The van der Waals surface area contributed by atoms with Crippen molar-refractivity contribution >= 4 is 33.6 Å².